The summed E-state index contributed by atoms with van der Waals surface area (Å²) in [4.78, 5) is 0. The molecule has 124 valence electrons. The first kappa shape index (κ1) is 18.1. The Morgan fingerprint density at radius 1 is 0.957 bits per heavy atom. The Morgan fingerprint density at radius 3 is 2.13 bits per heavy atom. The molecule has 2 nitrogen and oxygen atoms in total. The summed E-state index contributed by atoms with van der Waals surface area (Å²) >= 11 is 3.68. The molecule has 0 atom stereocenters. The lowest BCUT2D eigenvalue weighted by atomic mass is 10.1. The molecule has 0 saturated carbocycles. The molecule has 0 spiro atoms. The van der Waals surface area contributed by atoms with Crippen molar-refractivity contribution in [2.75, 3.05) is 0 Å². The number of aryl methyl sites for hydroxylation is 3. The first-order valence-electron chi connectivity index (χ1n) is 7.84. The first-order chi connectivity index (χ1) is 10.7. The smallest absolute Gasteiger partial charge is 0.242 e. The Hall–Kier alpha value is -1.26. The standard InChI is InChI=1S/C19H25BrO2Si/c1-13-8-7-9-14(2)19(13)21-12-16-11-17(22-23(4,5)6)10-15(3)18(16)20/h7-11H,12H2,1-6H3. The molecule has 0 bridgehead atoms. The van der Waals surface area contributed by atoms with Crippen molar-refractivity contribution in [1.82, 2.24) is 0 Å². The molecule has 0 unspecified atom stereocenters. The van der Waals surface area contributed by atoms with Crippen LogP contribution in [0, 0.1) is 20.8 Å². The topological polar surface area (TPSA) is 18.5 Å². The predicted molar refractivity (Wildman–Crippen MR) is 103 cm³/mol. The van der Waals surface area contributed by atoms with Crippen molar-refractivity contribution >= 4 is 24.2 Å². The number of hydrogen-bond donors (Lipinski definition) is 0. The fraction of sp³-hybridized carbons (Fsp3) is 0.368. The van der Waals surface area contributed by atoms with Crippen LogP contribution in [0.25, 0.3) is 0 Å². The van der Waals surface area contributed by atoms with Crippen LogP contribution in [0.4, 0.5) is 0 Å². The lowest BCUT2D eigenvalue weighted by Gasteiger charge is -2.21. The van der Waals surface area contributed by atoms with Gasteiger partial charge < -0.3 is 9.16 Å². The van der Waals surface area contributed by atoms with E-state index in [1.807, 2.05) is 0 Å². The number of hydrogen-bond acceptors (Lipinski definition) is 2. The van der Waals surface area contributed by atoms with Crippen molar-refractivity contribution in [2.45, 2.75) is 47.0 Å². The summed E-state index contributed by atoms with van der Waals surface area (Å²) in [6.45, 7) is 13.3. The normalized spacial score (nSPS) is 11.4. The average molecular weight is 393 g/mol. The van der Waals surface area contributed by atoms with Gasteiger partial charge in [0, 0.05) is 10.0 Å². The molecule has 2 rings (SSSR count). The fourth-order valence-electron chi connectivity index (χ4n) is 2.50. The first-order valence-corrected chi connectivity index (χ1v) is 12.0. The van der Waals surface area contributed by atoms with Crippen molar-refractivity contribution < 1.29 is 9.16 Å². The van der Waals surface area contributed by atoms with Gasteiger partial charge >= 0.3 is 0 Å². The summed E-state index contributed by atoms with van der Waals surface area (Å²) in [5.74, 6) is 1.90. The number of rotatable bonds is 5. The summed E-state index contributed by atoms with van der Waals surface area (Å²) in [5, 5.41) is 0. The van der Waals surface area contributed by atoms with E-state index in [9.17, 15) is 0 Å². The summed E-state index contributed by atoms with van der Waals surface area (Å²) in [6.07, 6.45) is 0. The number of para-hydroxylation sites is 1. The summed E-state index contributed by atoms with van der Waals surface area (Å²) in [5.41, 5.74) is 4.60. The van der Waals surface area contributed by atoms with Crippen LogP contribution >= 0.6 is 15.9 Å². The Morgan fingerprint density at radius 2 is 1.57 bits per heavy atom. The quantitative estimate of drug-likeness (QED) is 0.566. The van der Waals surface area contributed by atoms with E-state index in [0.29, 0.717) is 6.61 Å². The molecule has 0 aliphatic carbocycles. The van der Waals surface area contributed by atoms with Crippen LogP contribution in [-0.4, -0.2) is 8.32 Å². The molecule has 0 fully saturated rings. The van der Waals surface area contributed by atoms with Crippen LogP contribution in [0.2, 0.25) is 19.6 Å². The predicted octanol–water partition coefficient (Wildman–Crippen LogP) is 6.17. The number of ether oxygens (including phenoxy) is 1. The molecule has 0 aromatic heterocycles. The lowest BCUT2D eigenvalue weighted by molar-refractivity contribution is 0.300. The van der Waals surface area contributed by atoms with Crippen molar-refractivity contribution in [3.8, 4) is 11.5 Å². The van der Waals surface area contributed by atoms with E-state index >= 15 is 0 Å². The third kappa shape index (κ3) is 4.85. The van der Waals surface area contributed by atoms with Gasteiger partial charge in [-0.15, -0.1) is 0 Å². The van der Waals surface area contributed by atoms with Gasteiger partial charge in [0.15, 0.2) is 0 Å². The van der Waals surface area contributed by atoms with Crippen molar-refractivity contribution in [3.63, 3.8) is 0 Å². The average Bonchev–Trinajstić information content (AvgIpc) is 2.41. The highest BCUT2D eigenvalue weighted by atomic mass is 79.9. The minimum atomic E-state index is -1.62. The monoisotopic (exact) mass is 392 g/mol. The molecule has 2 aromatic carbocycles. The molecule has 0 radical (unpaired) electrons. The second-order valence-electron chi connectivity index (χ2n) is 6.94. The maximum Gasteiger partial charge on any atom is 0.242 e. The molecule has 2 aromatic rings. The number of halogens is 1. The second kappa shape index (κ2) is 7.10. The van der Waals surface area contributed by atoms with E-state index in [4.69, 9.17) is 9.16 Å². The highest BCUT2D eigenvalue weighted by molar-refractivity contribution is 9.10. The van der Waals surface area contributed by atoms with Gasteiger partial charge in [-0.05, 0) is 69.2 Å². The van der Waals surface area contributed by atoms with E-state index in [0.717, 1.165) is 32.7 Å². The summed E-state index contributed by atoms with van der Waals surface area (Å²) in [7, 11) is -1.62. The van der Waals surface area contributed by atoms with Crippen LogP contribution in [0.3, 0.4) is 0 Å². The third-order valence-electron chi connectivity index (χ3n) is 3.51. The Bertz CT molecular complexity index is 685. The van der Waals surface area contributed by atoms with Gasteiger partial charge in [0.05, 0.1) is 0 Å². The van der Waals surface area contributed by atoms with E-state index in [2.05, 4.69) is 86.7 Å². The maximum absolute atomic E-state index is 6.14. The largest absolute Gasteiger partial charge is 0.544 e. The molecule has 0 aliphatic heterocycles. The minimum Gasteiger partial charge on any atom is -0.544 e. The zero-order valence-corrected chi connectivity index (χ0v) is 17.4. The van der Waals surface area contributed by atoms with Gasteiger partial charge in [-0.1, -0.05) is 34.1 Å². The highest BCUT2D eigenvalue weighted by Crippen LogP contribution is 2.30. The Kier molecular flexibility index (Phi) is 5.58. The van der Waals surface area contributed by atoms with E-state index < -0.39 is 8.32 Å². The van der Waals surface area contributed by atoms with Crippen molar-refractivity contribution in [1.29, 1.82) is 0 Å². The van der Waals surface area contributed by atoms with Crippen LogP contribution in [-0.2, 0) is 6.61 Å². The zero-order chi connectivity index (χ0) is 17.2. The molecular formula is C19H25BrO2Si. The van der Waals surface area contributed by atoms with Gasteiger partial charge in [0.2, 0.25) is 8.32 Å². The summed E-state index contributed by atoms with van der Waals surface area (Å²) in [6, 6.07) is 10.4. The van der Waals surface area contributed by atoms with Crippen LogP contribution in [0.5, 0.6) is 11.5 Å². The van der Waals surface area contributed by atoms with Gasteiger partial charge in [0.1, 0.15) is 18.1 Å². The van der Waals surface area contributed by atoms with Crippen LogP contribution in [0.15, 0.2) is 34.8 Å². The minimum absolute atomic E-state index is 0.524. The maximum atomic E-state index is 6.14. The van der Waals surface area contributed by atoms with Gasteiger partial charge in [-0.25, -0.2) is 0 Å². The molecule has 0 saturated heterocycles. The zero-order valence-electron chi connectivity index (χ0n) is 14.8. The highest BCUT2D eigenvalue weighted by Gasteiger charge is 2.18. The van der Waals surface area contributed by atoms with Gasteiger partial charge in [-0.3, -0.25) is 0 Å². The molecule has 0 aliphatic rings. The molecule has 0 heterocycles. The molecular weight excluding hydrogens is 368 g/mol. The van der Waals surface area contributed by atoms with Crippen molar-refractivity contribution in [2.24, 2.45) is 0 Å². The van der Waals surface area contributed by atoms with Crippen molar-refractivity contribution in [3.05, 3.63) is 57.1 Å². The Labute approximate surface area is 149 Å². The molecule has 4 heteroatoms. The third-order valence-corrected chi connectivity index (χ3v) is 5.49. The molecule has 23 heavy (non-hydrogen) atoms. The fourth-order valence-corrected chi connectivity index (χ4v) is 3.67. The van der Waals surface area contributed by atoms with Gasteiger partial charge in [-0.2, -0.15) is 0 Å². The molecule has 0 N–H and O–H groups in total. The van der Waals surface area contributed by atoms with Crippen LogP contribution in [0.1, 0.15) is 22.3 Å². The Balaban J connectivity index is 2.25. The van der Waals surface area contributed by atoms with E-state index in [1.165, 1.54) is 5.56 Å². The van der Waals surface area contributed by atoms with Crippen LogP contribution < -0.4 is 9.16 Å². The van der Waals surface area contributed by atoms with E-state index in [-0.39, 0.29) is 0 Å². The van der Waals surface area contributed by atoms with E-state index in [1.54, 1.807) is 0 Å². The number of benzene rings is 2. The second-order valence-corrected chi connectivity index (χ2v) is 12.2. The lowest BCUT2D eigenvalue weighted by Crippen LogP contribution is -2.29. The SMILES string of the molecule is Cc1cc(O[Si](C)(C)C)cc(COc2c(C)cccc2C)c1Br. The van der Waals surface area contributed by atoms with Gasteiger partial charge in [0.25, 0.3) is 0 Å². The molecule has 0 amide bonds. The summed E-state index contributed by atoms with van der Waals surface area (Å²) < 4.78 is 13.3.